The van der Waals surface area contributed by atoms with Gasteiger partial charge in [-0.3, -0.25) is 0 Å². The smallest absolute Gasteiger partial charge is 0.185 e. The molecule has 5 heteroatoms. The largest absolute Gasteiger partial charge is 0.359 e. The minimum atomic E-state index is 0.283. The maximum absolute atomic E-state index is 8.83. The number of hydrogen-bond donors (Lipinski definition) is 1. The molecule has 0 bridgehead atoms. The van der Waals surface area contributed by atoms with Gasteiger partial charge in [-0.2, -0.15) is 5.26 Å². The van der Waals surface area contributed by atoms with Crippen molar-refractivity contribution in [2.24, 2.45) is 0 Å². The van der Waals surface area contributed by atoms with Crippen molar-refractivity contribution in [3.05, 3.63) is 45.9 Å². The maximum atomic E-state index is 8.83. The van der Waals surface area contributed by atoms with Crippen LogP contribution >= 0.6 is 22.9 Å². The zero-order chi connectivity index (χ0) is 13.7. The van der Waals surface area contributed by atoms with Gasteiger partial charge < -0.3 is 5.32 Å². The molecule has 0 radical (unpaired) electrons. The highest BCUT2D eigenvalue weighted by Crippen LogP contribution is 2.26. The van der Waals surface area contributed by atoms with Gasteiger partial charge in [0.15, 0.2) is 10.3 Å². The number of hydrogen-bond acceptors (Lipinski definition) is 4. The van der Waals surface area contributed by atoms with Crippen LogP contribution in [0.15, 0.2) is 30.3 Å². The minimum absolute atomic E-state index is 0.283. The van der Waals surface area contributed by atoms with Crippen LogP contribution in [-0.4, -0.2) is 11.0 Å². The zero-order valence-electron chi connectivity index (χ0n) is 10.6. The Morgan fingerprint density at radius 3 is 2.79 bits per heavy atom. The van der Waals surface area contributed by atoms with Crippen LogP contribution < -0.4 is 5.32 Å². The Morgan fingerprint density at radius 1 is 1.42 bits per heavy atom. The molecule has 0 spiro atoms. The van der Waals surface area contributed by atoms with E-state index in [1.165, 1.54) is 16.9 Å². The van der Waals surface area contributed by atoms with E-state index in [-0.39, 0.29) is 11.2 Å². The second-order valence-electron chi connectivity index (χ2n) is 4.32. The number of rotatable bonds is 5. The van der Waals surface area contributed by atoms with E-state index >= 15 is 0 Å². The van der Waals surface area contributed by atoms with Crippen LogP contribution in [0.25, 0.3) is 0 Å². The van der Waals surface area contributed by atoms with Crippen molar-refractivity contribution in [1.82, 2.24) is 4.98 Å². The number of nitrogens with one attached hydrogen (secondary N) is 1. The highest BCUT2D eigenvalue weighted by molar-refractivity contribution is 7.16. The number of nitrogens with zero attached hydrogens (tertiary/aromatic N) is 2. The standard InChI is InChI=1S/C14H14ClN3S/c1-10(7-8-11-5-3-2-4-6-11)17-14-18-13(15)12(9-16)19-14/h2-6,10H,7-8H2,1H3,(H,17,18). The fraction of sp³-hybridized carbons (Fsp3) is 0.286. The molecule has 2 aromatic rings. The monoisotopic (exact) mass is 291 g/mol. The van der Waals surface area contributed by atoms with Crippen molar-refractivity contribution < 1.29 is 0 Å². The lowest BCUT2D eigenvalue weighted by atomic mass is 10.1. The van der Waals surface area contributed by atoms with Crippen molar-refractivity contribution in [2.75, 3.05) is 5.32 Å². The van der Waals surface area contributed by atoms with Crippen LogP contribution in [0.5, 0.6) is 0 Å². The van der Waals surface area contributed by atoms with E-state index < -0.39 is 0 Å². The van der Waals surface area contributed by atoms with Gasteiger partial charge in [0.2, 0.25) is 0 Å². The summed E-state index contributed by atoms with van der Waals surface area (Å²) in [5.41, 5.74) is 1.33. The molecule has 0 aliphatic rings. The third-order valence-corrected chi connectivity index (χ3v) is 4.04. The number of halogens is 1. The van der Waals surface area contributed by atoms with E-state index in [4.69, 9.17) is 16.9 Å². The second-order valence-corrected chi connectivity index (χ2v) is 5.68. The molecular formula is C14H14ClN3S. The van der Waals surface area contributed by atoms with E-state index in [2.05, 4.69) is 29.4 Å². The number of anilines is 1. The van der Waals surface area contributed by atoms with Gasteiger partial charge in [0, 0.05) is 6.04 Å². The van der Waals surface area contributed by atoms with Gasteiger partial charge in [-0.25, -0.2) is 4.98 Å². The van der Waals surface area contributed by atoms with E-state index in [1.807, 2.05) is 24.3 Å². The van der Waals surface area contributed by atoms with Crippen molar-refractivity contribution in [1.29, 1.82) is 5.26 Å². The topological polar surface area (TPSA) is 48.7 Å². The van der Waals surface area contributed by atoms with E-state index in [1.54, 1.807) is 0 Å². The third-order valence-electron chi connectivity index (χ3n) is 2.77. The average Bonchev–Trinajstić information content (AvgIpc) is 2.77. The molecule has 0 saturated heterocycles. The van der Waals surface area contributed by atoms with Gasteiger partial charge in [0.05, 0.1) is 0 Å². The van der Waals surface area contributed by atoms with Gasteiger partial charge in [0.1, 0.15) is 10.9 Å². The normalized spacial score (nSPS) is 11.8. The molecule has 98 valence electrons. The molecule has 19 heavy (non-hydrogen) atoms. The van der Waals surface area contributed by atoms with Gasteiger partial charge in [0.25, 0.3) is 0 Å². The summed E-state index contributed by atoms with van der Waals surface area (Å²) in [5.74, 6) is 0. The Labute approximate surface area is 121 Å². The zero-order valence-corrected chi connectivity index (χ0v) is 12.1. The fourth-order valence-corrected chi connectivity index (χ4v) is 2.80. The first-order valence-corrected chi connectivity index (χ1v) is 7.25. The highest BCUT2D eigenvalue weighted by atomic mass is 35.5. The predicted octanol–water partition coefficient (Wildman–Crippen LogP) is 4.10. The number of benzene rings is 1. The first-order chi connectivity index (χ1) is 9.19. The summed E-state index contributed by atoms with van der Waals surface area (Å²) in [6, 6.07) is 12.7. The van der Waals surface area contributed by atoms with Crippen LogP contribution in [0, 0.1) is 11.3 Å². The summed E-state index contributed by atoms with van der Waals surface area (Å²) in [7, 11) is 0. The van der Waals surface area contributed by atoms with Gasteiger partial charge in [-0.1, -0.05) is 53.3 Å². The Kier molecular flexibility index (Phi) is 4.78. The van der Waals surface area contributed by atoms with Gasteiger partial charge in [-0.15, -0.1) is 0 Å². The molecule has 0 aliphatic heterocycles. The predicted molar refractivity (Wildman–Crippen MR) is 79.7 cm³/mol. The Morgan fingerprint density at radius 2 is 2.16 bits per heavy atom. The summed E-state index contributed by atoms with van der Waals surface area (Å²) < 4.78 is 0. The Balaban J connectivity index is 1.87. The maximum Gasteiger partial charge on any atom is 0.185 e. The summed E-state index contributed by atoms with van der Waals surface area (Å²) in [4.78, 5) is 4.58. The lowest BCUT2D eigenvalue weighted by molar-refractivity contribution is 0.705. The van der Waals surface area contributed by atoms with Crippen LogP contribution in [0.2, 0.25) is 5.15 Å². The van der Waals surface area contributed by atoms with Crippen LogP contribution in [0.3, 0.4) is 0 Å². The van der Waals surface area contributed by atoms with Crippen molar-refractivity contribution in [3.8, 4) is 6.07 Å². The van der Waals surface area contributed by atoms with Crippen molar-refractivity contribution in [2.45, 2.75) is 25.8 Å². The van der Waals surface area contributed by atoms with Gasteiger partial charge >= 0.3 is 0 Å². The average molecular weight is 292 g/mol. The molecule has 0 fully saturated rings. The number of thiazole rings is 1. The molecule has 0 aliphatic carbocycles. The molecule has 0 saturated carbocycles. The van der Waals surface area contributed by atoms with Gasteiger partial charge in [-0.05, 0) is 25.3 Å². The van der Waals surface area contributed by atoms with Crippen LogP contribution in [0.4, 0.5) is 5.13 Å². The molecule has 1 N–H and O–H groups in total. The van der Waals surface area contributed by atoms with E-state index in [0.717, 1.165) is 12.8 Å². The summed E-state index contributed by atoms with van der Waals surface area (Å²) >= 11 is 7.13. The molecule has 1 atom stereocenters. The highest BCUT2D eigenvalue weighted by Gasteiger charge is 2.10. The molecule has 1 heterocycles. The van der Waals surface area contributed by atoms with Crippen molar-refractivity contribution in [3.63, 3.8) is 0 Å². The SMILES string of the molecule is CC(CCc1ccccc1)Nc1nc(Cl)c(C#N)s1. The quantitative estimate of drug-likeness (QED) is 0.902. The number of aryl methyl sites for hydroxylation is 1. The lowest BCUT2D eigenvalue weighted by Crippen LogP contribution is -2.15. The minimum Gasteiger partial charge on any atom is -0.359 e. The summed E-state index contributed by atoms with van der Waals surface area (Å²) in [6.07, 6.45) is 2.02. The molecule has 1 aromatic heterocycles. The molecule has 1 unspecified atom stereocenters. The number of nitriles is 1. The first kappa shape index (κ1) is 13.9. The number of aromatic nitrogens is 1. The van der Waals surface area contributed by atoms with Crippen LogP contribution in [-0.2, 0) is 6.42 Å². The summed E-state index contributed by atoms with van der Waals surface area (Å²) in [5, 5.41) is 13.1. The second kappa shape index (κ2) is 6.55. The van der Waals surface area contributed by atoms with Crippen LogP contribution in [0.1, 0.15) is 23.8 Å². The molecular weight excluding hydrogens is 278 g/mol. The Hall–Kier alpha value is -1.57. The Bertz CT molecular complexity index is 574. The van der Waals surface area contributed by atoms with E-state index in [9.17, 15) is 0 Å². The molecule has 0 amide bonds. The lowest BCUT2D eigenvalue weighted by Gasteiger charge is -2.12. The molecule has 3 nitrogen and oxygen atoms in total. The van der Waals surface area contributed by atoms with Crippen molar-refractivity contribution >= 4 is 28.1 Å². The fourth-order valence-electron chi connectivity index (χ4n) is 1.74. The van der Waals surface area contributed by atoms with E-state index in [0.29, 0.717) is 10.0 Å². The summed E-state index contributed by atoms with van der Waals surface area (Å²) in [6.45, 7) is 2.10. The third kappa shape index (κ3) is 3.95. The first-order valence-electron chi connectivity index (χ1n) is 6.06. The molecule has 2 rings (SSSR count). The molecule has 1 aromatic carbocycles.